The monoisotopic (exact) mass is 862 g/mol. The molecule has 0 saturated carbocycles. The van der Waals surface area contributed by atoms with Crippen molar-refractivity contribution in [3.8, 4) is 45.1 Å². The first kappa shape index (κ1) is 43.1. The van der Waals surface area contributed by atoms with Crippen LogP contribution in [-0.4, -0.2) is 19.1 Å². The Kier molecular flexibility index (Phi) is 10.1. The fraction of sp³-hybridized carbons (Fsp3) is 0.258. The zero-order chi connectivity index (χ0) is 46.5. The molecule has 0 bridgehead atoms. The van der Waals surface area contributed by atoms with Crippen molar-refractivity contribution in [3.63, 3.8) is 0 Å². The number of aromatic nitrogens is 4. The molecule has 0 unspecified atom stereocenters. The van der Waals surface area contributed by atoms with Crippen LogP contribution in [0.15, 0.2) is 158 Å². The Labute approximate surface area is 391 Å². The SMILES string of the molecule is CC(C)(C)c1ccc2c(c1)c1ccccc1n2-c1ccc(-c2cccc(-c3ccnc(-c4c(C(C)(C)C)ccc(-n5c6ccccc6c6ccccc65)c4C(C)(C)C)c3)n2)c(C(C)(C)C)c1. The summed E-state index contributed by atoms with van der Waals surface area (Å²) in [7, 11) is 0. The van der Waals surface area contributed by atoms with Gasteiger partial charge in [-0.25, -0.2) is 4.98 Å². The minimum absolute atomic E-state index is 0.0576. The van der Waals surface area contributed by atoms with E-state index in [1.165, 1.54) is 77.1 Å². The lowest BCUT2D eigenvalue weighted by molar-refractivity contribution is 0.569. The number of pyridine rings is 2. The van der Waals surface area contributed by atoms with E-state index >= 15 is 0 Å². The van der Waals surface area contributed by atoms with E-state index in [0.717, 1.165) is 33.9 Å². The van der Waals surface area contributed by atoms with Crippen LogP contribution in [0.2, 0.25) is 0 Å². The van der Waals surface area contributed by atoms with Crippen molar-refractivity contribution in [3.05, 3.63) is 180 Å². The number of benzene rings is 6. The minimum atomic E-state index is -0.224. The van der Waals surface area contributed by atoms with E-state index in [1.54, 1.807) is 0 Å². The fourth-order valence-corrected chi connectivity index (χ4v) is 10.3. The summed E-state index contributed by atoms with van der Waals surface area (Å²) >= 11 is 0. The molecule has 4 heterocycles. The van der Waals surface area contributed by atoms with Gasteiger partial charge in [0.15, 0.2) is 0 Å². The molecule has 6 aromatic carbocycles. The number of hydrogen-bond acceptors (Lipinski definition) is 2. The van der Waals surface area contributed by atoms with Gasteiger partial charge in [0, 0.05) is 50.1 Å². The molecule has 0 aliphatic carbocycles. The molecule has 0 aliphatic heterocycles. The van der Waals surface area contributed by atoms with Crippen molar-refractivity contribution in [2.24, 2.45) is 0 Å². The summed E-state index contributed by atoms with van der Waals surface area (Å²) in [5.41, 5.74) is 18.1. The molecule has 10 aromatic rings. The van der Waals surface area contributed by atoms with Gasteiger partial charge in [0.1, 0.15) is 0 Å². The van der Waals surface area contributed by atoms with Gasteiger partial charge in [0.05, 0.1) is 44.8 Å². The zero-order valence-corrected chi connectivity index (χ0v) is 40.8. The number of fused-ring (bicyclic) bond motifs is 6. The quantitative estimate of drug-likeness (QED) is 0.173. The van der Waals surface area contributed by atoms with Crippen LogP contribution in [0.1, 0.15) is 105 Å². The van der Waals surface area contributed by atoms with E-state index in [-0.39, 0.29) is 21.7 Å². The second-order valence-electron chi connectivity index (χ2n) is 22.4. The van der Waals surface area contributed by atoms with Crippen LogP contribution in [0.25, 0.3) is 88.8 Å². The molecule has 0 aliphatic rings. The Morgan fingerprint density at radius 3 is 1.58 bits per heavy atom. The number of nitrogens with zero attached hydrogens (tertiary/aromatic N) is 4. The van der Waals surface area contributed by atoms with Crippen LogP contribution >= 0.6 is 0 Å². The van der Waals surface area contributed by atoms with E-state index in [9.17, 15) is 0 Å². The van der Waals surface area contributed by atoms with E-state index in [1.807, 2.05) is 6.20 Å². The summed E-state index contributed by atoms with van der Waals surface area (Å²) in [4.78, 5) is 10.7. The predicted octanol–water partition coefficient (Wildman–Crippen LogP) is 16.9. The van der Waals surface area contributed by atoms with Gasteiger partial charge in [0.25, 0.3) is 0 Å². The molecule has 10 rings (SSSR count). The van der Waals surface area contributed by atoms with Gasteiger partial charge in [-0.3, -0.25) is 4.98 Å². The average molecular weight is 863 g/mol. The van der Waals surface area contributed by atoms with Crippen molar-refractivity contribution < 1.29 is 0 Å². The first-order chi connectivity index (χ1) is 31.3. The second-order valence-corrected chi connectivity index (χ2v) is 22.4. The van der Waals surface area contributed by atoms with Crippen LogP contribution in [0.5, 0.6) is 0 Å². The van der Waals surface area contributed by atoms with E-state index in [2.05, 4.69) is 244 Å². The molecule has 4 aromatic heterocycles. The molecule has 4 heteroatoms. The highest BCUT2D eigenvalue weighted by atomic mass is 15.0. The van der Waals surface area contributed by atoms with E-state index in [4.69, 9.17) is 9.97 Å². The van der Waals surface area contributed by atoms with Crippen molar-refractivity contribution in [1.82, 2.24) is 19.1 Å². The van der Waals surface area contributed by atoms with E-state index < -0.39 is 0 Å². The molecule has 66 heavy (non-hydrogen) atoms. The highest BCUT2D eigenvalue weighted by molar-refractivity contribution is 6.10. The minimum Gasteiger partial charge on any atom is -0.309 e. The zero-order valence-electron chi connectivity index (χ0n) is 40.8. The van der Waals surface area contributed by atoms with Crippen LogP contribution in [0.4, 0.5) is 0 Å². The summed E-state index contributed by atoms with van der Waals surface area (Å²) in [5, 5.41) is 5.07. The molecule has 0 spiro atoms. The molecule has 330 valence electrons. The van der Waals surface area contributed by atoms with Crippen LogP contribution in [-0.2, 0) is 21.7 Å². The van der Waals surface area contributed by atoms with Gasteiger partial charge in [-0.2, -0.15) is 0 Å². The molecule has 0 saturated heterocycles. The van der Waals surface area contributed by atoms with Crippen molar-refractivity contribution in [2.75, 3.05) is 0 Å². The molecular formula is C62H62N4. The molecule has 0 atom stereocenters. The highest BCUT2D eigenvalue weighted by Gasteiger charge is 2.32. The average Bonchev–Trinajstić information content (AvgIpc) is 3.80. The number of hydrogen-bond donors (Lipinski definition) is 0. The van der Waals surface area contributed by atoms with Crippen LogP contribution in [0, 0.1) is 0 Å². The largest absolute Gasteiger partial charge is 0.309 e. The van der Waals surface area contributed by atoms with Crippen molar-refractivity contribution in [2.45, 2.75) is 105 Å². The molecule has 0 fully saturated rings. The lowest BCUT2D eigenvalue weighted by Gasteiger charge is -2.32. The smallest absolute Gasteiger partial charge is 0.0715 e. The lowest BCUT2D eigenvalue weighted by atomic mass is 9.74. The third-order valence-corrected chi connectivity index (χ3v) is 13.5. The first-order valence-corrected chi connectivity index (χ1v) is 23.6. The Bertz CT molecular complexity index is 3460. The third kappa shape index (κ3) is 7.32. The topological polar surface area (TPSA) is 35.6 Å². The maximum Gasteiger partial charge on any atom is 0.0715 e. The molecular weight excluding hydrogens is 801 g/mol. The van der Waals surface area contributed by atoms with Crippen LogP contribution < -0.4 is 0 Å². The summed E-state index contributed by atoms with van der Waals surface area (Å²) in [5.74, 6) is 0. The van der Waals surface area contributed by atoms with Crippen molar-refractivity contribution >= 4 is 43.6 Å². The van der Waals surface area contributed by atoms with Gasteiger partial charge in [0.2, 0.25) is 0 Å². The maximum absolute atomic E-state index is 5.48. The summed E-state index contributed by atoms with van der Waals surface area (Å²) in [6.07, 6.45) is 1.97. The Hall–Kier alpha value is -6.78. The summed E-state index contributed by atoms with van der Waals surface area (Å²) < 4.78 is 4.91. The molecule has 0 radical (unpaired) electrons. The standard InChI is InChI=1S/C62H62N4/c1-59(2,3)40-28-32-55-46(37-40)44-22-15-16-25-52(44)65(55)41-29-30-45(48(38-41)61(7,8)9)50-24-19-23-49(64-50)39-34-35-63-51(36-39)57-47(60(4,5)6)31-33-56(58(57)62(10,11)12)66-53-26-17-13-20-42(53)43-21-14-18-27-54(43)66/h13-38H,1-12H3. The Balaban J connectivity index is 1.12. The van der Waals surface area contributed by atoms with E-state index in [0.29, 0.717) is 0 Å². The van der Waals surface area contributed by atoms with Gasteiger partial charge in [-0.05, 0) is 117 Å². The van der Waals surface area contributed by atoms with Crippen molar-refractivity contribution in [1.29, 1.82) is 0 Å². The highest BCUT2D eigenvalue weighted by Crippen LogP contribution is 2.46. The number of rotatable bonds is 5. The summed E-state index contributed by atoms with van der Waals surface area (Å²) in [6.45, 7) is 27.8. The van der Waals surface area contributed by atoms with Gasteiger partial charge < -0.3 is 9.13 Å². The summed E-state index contributed by atoms with van der Waals surface area (Å²) in [6, 6.07) is 55.9. The first-order valence-electron chi connectivity index (χ1n) is 23.6. The maximum atomic E-state index is 5.48. The second kappa shape index (κ2) is 15.4. The van der Waals surface area contributed by atoms with Gasteiger partial charge in [-0.1, -0.05) is 162 Å². The Morgan fingerprint density at radius 2 is 0.970 bits per heavy atom. The van der Waals surface area contributed by atoms with Crippen LogP contribution in [0.3, 0.4) is 0 Å². The van der Waals surface area contributed by atoms with Gasteiger partial charge >= 0.3 is 0 Å². The molecule has 0 N–H and O–H groups in total. The fourth-order valence-electron chi connectivity index (χ4n) is 10.3. The Morgan fingerprint density at radius 1 is 0.394 bits per heavy atom. The molecule has 0 amide bonds. The third-order valence-electron chi connectivity index (χ3n) is 13.5. The predicted molar refractivity (Wildman–Crippen MR) is 282 cm³/mol. The normalized spacial score (nSPS) is 12.8. The van der Waals surface area contributed by atoms with Gasteiger partial charge in [-0.15, -0.1) is 0 Å². The number of para-hydroxylation sites is 3. The lowest BCUT2D eigenvalue weighted by Crippen LogP contribution is -2.22. The molecule has 4 nitrogen and oxygen atoms in total.